The molecule has 0 aliphatic rings. The first-order chi connectivity index (χ1) is 28.2. The molecule has 3 N–H and O–H groups in total. The number of aromatic nitrogens is 2. The van der Waals surface area contributed by atoms with E-state index in [1.807, 2.05) is 45.0 Å². The van der Waals surface area contributed by atoms with Crippen molar-refractivity contribution in [2.24, 2.45) is 0 Å². The maximum Gasteiger partial charge on any atom is 0.329 e. The van der Waals surface area contributed by atoms with Gasteiger partial charge in [0, 0.05) is 31.9 Å². The molecule has 3 aromatic rings. The normalized spacial score (nSPS) is 11.5. The number of nitrogens with zero attached hydrogens (tertiary/aromatic N) is 2. The molecule has 1 aromatic heterocycles. The highest BCUT2D eigenvalue weighted by Crippen LogP contribution is 2.19. The molecule has 0 radical (unpaired) electrons. The number of carbonyl (C=O) groups is 4. The van der Waals surface area contributed by atoms with Gasteiger partial charge in [-0.2, -0.15) is 0 Å². The van der Waals surface area contributed by atoms with E-state index in [2.05, 4.69) is 20.6 Å². The number of hydrogen-bond acceptors (Lipinski definition) is 14. The highest BCUT2D eigenvalue weighted by atomic mass is 32.2. The second kappa shape index (κ2) is 26.2. The van der Waals surface area contributed by atoms with Crippen LogP contribution in [0.5, 0.6) is 5.75 Å². The van der Waals surface area contributed by atoms with Crippen LogP contribution < -0.4 is 15.4 Å². The molecule has 0 spiro atoms. The number of carbonyl (C=O) groups excluding carboxylic acids is 3. The Morgan fingerprint density at radius 3 is 1.93 bits per heavy atom. The lowest BCUT2D eigenvalue weighted by Gasteiger charge is -2.19. The first-order valence-corrected chi connectivity index (χ1v) is 21.0. The Bertz CT molecular complexity index is 1830. The number of hydrogen-bond donors (Lipinski definition) is 3. The second-order valence-electron chi connectivity index (χ2n) is 14.2. The lowest BCUT2D eigenvalue weighted by molar-refractivity contribution is -0.155. The molecule has 0 saturated carbocycles. The SMILES string of the molecule is CC(C)(C)OC(=O)CCCCCc1ccc(OCc2ccc(S(=O)(=O)Cc3ncc(C(=O)NCCOCCOCC(=O)NCCOCCOCC(=O)O)cn3)cc2)cc1. The minimum absolute atomic E-state index is 0.0450. The Morgan fingerprint density at radius 1 is 0.712 bits per heavy atom. The Kier molecular flexibility index (Phi) is 21.4. The van der Waals surface area contributed by atoms with Crippen LogP contribution in [-0.2, 0) is 66.7 Å². The highest BCUT2D eigenvalue weighted by molar-refractivity contribution is 7.90. The highest BCUT2D eigenvalue weighted by Gasteiger charge is 2.18. The van der Waals surface area contributed by atoms with Gasteiger partial charge in [-0.15, -0.1) is 0 Å². The summed E-state index contributed by atoms with van der Waals surface area (Å²) in [6.07, 6.45) is 6.54. The summed E-state index contributed by atoms with van der Waals surface area (Å²) >= 11 is 0. The van der Waals surface area contributed by atoms with E-state index < -0.39 is 39.7 Å². The van der Waals surface area contributed by atoms with Crippen molar-refractivity contribution in [3.8, 4) is 5.75 Å². The molecule has 0 unspecified atom stereocenters. The van der Waals surface area contributed by atoms with Crippen molar-refractivity contribution in [2.75, 3.05) is 65.9 Å². The number of aryl methyl sites for hydroxylation is 1. The molecule has 0 bridgehead atoms. The van der Waals surface area contributed by atoms with Crippen LogP contribution in [0.25, 0.3) is 0 Å². The topological polar surface area (TPSA) is 228 Å². The monoisotopic (exact) mass is 844 g/mol. The minimum atomic E-state index is -3.76. The number of nitrogens with one attached hydrogen (secondary N) is 2. The van der Waals surface area contributed by atoms with E-state index in [-0.39, 0.29) is 94.1 Å². The molecule has 0 saturated heterocycles. The number of rotatable bonds is 29. The molecule has 0 aliphatic carbocycles. The lowest BCUT2D eigenvalue weighted by atomic mass is 10.1. The van der Waals surface area contributed by atoms with E-state index in [1.54, 1.807) is 12.1 Å². The maximum absolute atomic E-state index is 13.1. The summed E-state index contributed by atoms with van der Waals surface area (Å²) in [7, 11) is -3.76. The van der Waals surface area contributed by atoms with Gasteiger partial charge in [0.05, 0.1) is 50.1 Å². The predicted octanol–water partition coefficient (Wildman–Crippen LogP) is 3.47. The van der Waals surface area contributed by atoms with Gasteiger partial charge < -0.3 is 44.2 Å². The molecule has 324 valence electrons. The van der Waals surface area contributed by atoms with Gasteiger partial charge >= 0.3 is 11.9 Å². The zero-order valence-corrected chi connectivity index (χ0v) is 34.8. The molecule has 0 fully saturated rings. The Morgan fingerprint density at radius 2 is 1.31 bits per heavy atom. The average molecular weight is 845 g/mol. The van der Waals surface area contributed by atoms with Gasteiger partial charge in [-0.05, 0) is 75.4 Å². The number of amides is 2. The Labute approximate surface area is 345 Å². The number of aliphatic carboxylic acids is 1. The zero-order chi connectivity index (χ0) is 42.9. The van der Waals surface area contributed by atoms with Crippen LogP contribution in [0, 0.1) is 0 Å². The molecule has 3 rings (SSSR count). The van der Waals surface area contributed by atoms with Gasteiger partial charge in [0.25, 0.3) is 5.91 Å². The predicted molar refractivity (Wildman–Crippen MR) is 214 cm³/mol. The summed E-state index contributed by atoms with van der Waals surface area (Å²) < 4.78 is 58.0. The molecule has 59 heavy (non-hydrogen) atoms. The van der Waals surface area contributed by atoms with Gasteiger partial charge in [0.2, 0.25) is 5.91 Å². The van der Waals surface area contributed by atoms with Gasteiger partial charge in [0.1, 0.15) is 42.7 Å². The molecule has 0 aliphatic heterocycles. The van der Waals surface area contributed by atoms with Gasteiger partial charge in [0.15, 0.2) is 9.84 Å². The molecular weight excluding hydrogens is 789 g/mol. The fraction of sp³-hybridized carbons (Fsp3) is 0.512. The standard InChI is InChI=1S/C41H56N4O13S/c1-41(2,3)58-39(49)8-6-4-5-7-31-9-13-34(14-10-31)57-27-32-11-15-35(16-12-32)59(51,52)30-36-44-25-33(26-45-36)40(50)43-18-20-54-21-23-55-28-37(46)42-17-19-53-22-24-56-29-38(47)48/h9-16,25-26H,4-8,17-24,27-30H2,1-3H3,(H,42,46)(H,43,50)(H,47,48). The van der Waals surface area contributed by atoms with Crippen molar-refractivity contribution < 1.29 is 61.1 Å². The number of carboxylic acid groups (broad SMARTS) is 1. The Balaban J connectivity index is 1.26. The average Bonchev–Trinajstić information content (AvgIpc) is 3.19. The van der Waals surface area contributed by atoms with Crippen molar-refractivity contribution >= 4 is 33.6 Å². The summed E-state index contributed by atoms with van der Waals surface area (Å²) in [4.78, 5) is 54.7. The molecule has 18 heteroatoms. The summed E-state index contributed by atoms with van der Waals surface area (Å²) in [6.45, 7) is 6.88. The largest absolute Gasteiger partial charge is 0.489 e. The summed E-state index contributed by atoms with van der Waals surface area (Å²) in [5, 5.41) is 13.7. The smallest absolute Gasteiger partial charge is 0.329 e. The number of carboxylic acids is 1. The molecule has 17 nitrogen and oxygen atoms in total. The number of esters is 1. The summed E-state index contributed by atoms with van der Waals surface area (Å²) in [5.41, 5.74) is 1.67. The Hall–Kier alpha value is -5.01. The van der Waals surface area contributed by atoms with E-state index in [0.29, 0.717) is 12.2 Å². The molecule has 0 atom stereocenters. The summed E-state index contributed by atoms with van der Waals surface area (Å²) in [5.74, 6) is -1.71. The lowest BCUT2D eigenvalue weighted by Crippen LogP contribution is -2.31. The van der Waals surface area contributed by atoms with Gasteiger partial charge in [-0.3, -0.25) is 14.4 Å². The van der Waals surface area contributed by atoms with Gasteiger partial charge in [-0.1, -0.05) is 30.7 Å². The third kappa shape index (κ3) is 21.5. The minimum Gasteiger partial charge on any atom is -0.489 e. The third-order valence-corrected chi connectivity index (χ3v) is 9.60. The van der Waals surface area contributed by atoms with E-state index in [1.165, 1.54) is 30.1 Å². The van der Waals surface area contributed by atoms with E-state index in [4.69, 9.17) is 33.5 Å². The van der Waals surface area contributed by atoms with E-state index in [0.717, 1.165) is 31.2 Å². The van der Waals surface area contributed by atoms with Crippen LogP contribution in [0.1, 0.15) is 73.8 Å². The van der Waals surface area contributed by atoms with Crippen LogP contribution in [0.2, 0.25) is 0 Å². The molecular formula is C41H56N4O13S. The van der Waals surface area contributed by atoms with Crippen LogP contribution >= 0.6 is 0 Å². The number of unbranched alkanes of at least 4 members (excludes halogenated alkanes) is 2. The van der Waals surface area contributed by atoms with Crippen molar-refractivity contribution in [1.29, 1.82) is 0 Å². The van der Waals surface area contributed by atoms with E-state index >= 15 is 0 Å². The van der Waals surface area contributed by atoms with E-state index in [9.17, 15) is 27.6 Å². The van der Waals surface area contributed by atoms with Crippen molar-refractivity contribution in [3.05, 3.63) is 83.4 Å². The molecule has 2 aromatic carbocycles. The summed E-state index contributed by atoms with van der Waals surface area (Å²) in [6, 6.07) is 14.2. The fourth-order valence-corrected chi connectivity index (χ4v) is 6.30. The van der Waals surface area contributed by atoms with Crippen molar-refractivity contribution in [1.82, 2.24) is 20.6 Å². The van der Waals surface area contributed by atoms with Gasteiger partial charge in [-0.25, -0.2) is 23.2 Å². The molecule has 1 heterocycles. The van der Waals surface area contributed by atoms with Crippen molar-refractivity contribution in [3.63, 3.8) is 0 Å². The van der Waals surface area contributed by atoms with Crippen LogP contribution in [0.15, 0.2) is 65.8 Å². The fourth-order valence-electron chi connectivity index (χ4n) is 5.10. The zero-order valence-electron chi connectivity index (χ0n) is 33.9. The van der Waals surface area contributed by atoms with Crippen molar-refractivity contribution in [2.45, 2.75) is 75.7 Å². The number of benzene rings is 2. The molecule has 2 amide bonds. The van der Waals surface area contributed by atoms with Crippen LogP contribution in [0.3, 0.4) is 0 Å². The third-order valence-electron chi connectivity index (χ3n) is 7.97. The first-order valence-electron chi connectivity index (χ1n) is 19.3. The number of ether oxygens (including phenoxy) is 6. The van der Waals surface area contributed by atoms with Crippen LogP contribution in [-0.4, -0.2) is 119 Å². The number of sulfone groups is 1. The second-order valence-corrected chi connectivity index (χ2v) is 16.2. The van der Waals surface area contributed by atoms with Crippen LogP contribution in [0.4, 0.5) is 0 Å². The maximum atomic E-state index is 13.1. The quantitative estimate of drug-likeness (QED) is 0.0672. The first kappa shape index (κ1) is 48.4.